The van der Waals surface area contributed by atoms with E-state index in [1.165, 1.54) is 12.3 Å². The van der Waals surface area contributed by atoms with Crippen LogP contribution in [-0.2, 0) is 0 Å². The zero-order valence-electron chi connectivity index (χ0n) is 15.8. The Hall–Kier alpha value is -3.82. The fourth-order valence-electron chi connectivity index (χ4n) is 3.04. The molecule has 1 fully saturated rings. The highest BCUT2D eigenvalue weighted by Crippen LogP contribution is 2.14. The molecule has 0 atom stereocenters. The number of aryl methyl sites for hydroxylation is 1. The van der Waals surface area contributed by atoms with Gasteiger partial charge in [0.1, 0.15) is 11.5 Å². The Morgan fingerprint density at radius 3 is 2.48 bits per heavy atom. The van der Waals surface area contributed by atoms with E-state index in [2.05, 4.69) is 25.4 Å². The molecule has 3 aromatic rings. The average Bonchev–Trinajstić information content (AvgIpc) is 3.18. The maximum Gasteiger partial charge on any atom is 0.275 e. The highest BCUT2D eigenvalue weighted by molar-refractivity contribution is 6.04. The minimum atomic E-state index is -0.459. The number of hydrogen-bond acceptors (Lipinski definition) is 8. The molecule has 148 valence electrons. The number of pyridine rings is 1. The molecule has 1 aliphatic rings. The summed E-state index contributed by atoms with van der Waals surface area (Å²) in [6.07, 6.45) is 4.85. The van der Waals surface area contributed by atoms with Gasteiger partial charge in [0, 0.05) is 56.4 Å². The van der Waals surface area contributed by atoms with Crippen LogP contribution in [0.4, 0.5) is 11.8 Å². The summed E-state index contributed by atoms with van der Waals surface area (Å²) < 4.78 is 4.92. The maximum atomic E-state index is 12.9. The molecular formula is C19H19N7O3. The van der Waals surface area contributed by atoms with Crippen LogP contribution in [0, 0.1) is 6.92 Å². The molecule has 0 spiro atoms. The lowest BCUT2D eigenvalue weighted by molar-refractivity contribution is 0.0746. The van der Waals surface area contributed by atoms with Crippen LogP contribution in [0.15, 0.2) is 47.4 Å². The van der Waals surface area contributed by atoms with Gasteiger partial charge in [0.2, 0.25) is 5.95 Å². The zero-order valence-corrected chi connectivity index (χ0v) is 15.8. The Balaban J connectivity index is 1.40. The fraction of sp³-hybridized carbons (Fsp3) is 0.263. The van der Waals surface area contributed by atoms with E-state index in [1.54, 1.807) is 42.4 Å². The van der Waals surface area contributed by atoms with E-state index in [0.29, 0.717) is 49.3 Å². The van der Waals surface area contributed by atoms with Crippen LogP contribution in [0.3, 0.4) is 0 Å². The number of nitrogens with one attached hydrogen (secondary N) is 1. The van der Waals surface area contributed by atoms with Gasteiger partial charge in [-0.15, -0.1) is 0 Å². The molecule has 0 aromatic carbocycles. The van der Waals surface area contributed by atoms with Crippen molar-refractivity contribution in [2.75, 3.05) is 36.4 Å². The molecule has 10 heteroatoms. The number of aromatic nitrogens is 4. The van der Waals surface area contributed by atoms with Crippen LogP contribution in [-0.4, -0.2) is 63.0 Å². The zero-order chi connectivity index (χ0) is 20.2. The molecule has 10 nitrogen and oxygen atoms in total. The van der Waals surface area contributed by atoms with Crippen molar-refractivity contribution >= 4 is 23.6 Å². The summed E-state index contributed by atoms with van der Waals surface area (Å²) in [7, 11) is 0. The number of hydrogen-bond donors (Lipinski definition) is 1. The van der Waals surface area contributed by atoms with E-state index >= 15 is 0 Å². The van der Waals surface area contributed by atoms with Crippen molar-refractivity contribution in [2.24, 2.45) is 0 Å². The Bertz CT molecular complexity index is 1010. The molecule has 1 aliphatic heterocycles. The quantitative estimate of drug-likeness (QED) is 0.706. The second kappa shape index (κ2) is 8.05. The summed E-state index contributed by atoms with van der Waals surface area (Å²) in [5, 5.41) is 6.32. The molecule has 4 heterocycles. The molecule has 2 amide bonds. The smallest absolute Gasteiger partial charge is 0.275 e. The predicted molar refractivity (Wildman–Crippen MR) is 104 cm³/mol. The van der Waals surface area contributed by atoms with Crippen molar-refractivity contribution in [3.8, 4) is 0 Å². The maximum absolute atomic E-state index is 12.9. The van der Waals surface area contributed by atoms with Crippen molar-refractivity contribution in [2.45, 2.75) is 6.92 Å². The van der Waals surface area contributed by atoms with Crippen molar-refractivity contribution < 1.29 is 14.1 Å². The predicted octanol–water partition coefficient (Wildman–Crippen LogP) is 1.38. The van der Waals surface area contributed by atoms with Gasteiger partial charge < -0.3 is 19.6 Å². The van der Waals surface area contributed by atoms with Gasteiger partial charge in [0.25, 0.3) is 11.8 Å². The monoisotopic (exact) mass is 393 g/mol. The number of carbonyl (C=O) groups excluding carboxylic acids is 2. The van der Waals surface area contributed by atoms with Gasteiger partial charge >= 0.3 is 0 Å². The van der Waals surface area contributed by atoms with Crippen LogP contribution in [0.1, 0.15) is 26.6 Å². The van der Waals surface area contributed by atoms with E-state index in [0.717, 1.165) is 0 Å². The number of piperazine rings is 1. The van der Waals surface area contributed by atoms with Crippen molar-refractivity contribution in [3.63, 3.8) is 0 Å². The lowest BCUT2D eigenvalue weighted by atomic mass is 10.1. The fourth-order valence-corrected chi connectivity index (χ4v) is 3.04. The van der Waals surface area contributed by atoms with Gasteiger partial charge in [-0.25, -0.2) is 9.97 Å². The highest BCUT2D eigenvalue weighted by Gasteiger charge is 2.24. The van der Waals surface area contributed by atoms with E-state index in [9.17, 15) is 9.59 Å². The summed E-state index contributed by atoms with van der Waals surface area (Å²) in [5.41, 5.74) is 0.540. The molecule has 4 rings (SSSR count). The first-order valence-electron chi connectivity index (χ1n) is 9.12. The van der Waals surface area contributed by atoms with E-state index in [-0.39, 0.29) is 11.6 Å². The van der Waals surface area contributed by atoms with Gasteiger partial charge in [0.05, 0.1) is 0 Å². The van der Waals surface area contributed by atoms with Crippen LogP contribution in [0.5, 0.6) is 0 Å². The van der Waals surface area contributed by atoms with E-state index in [1.807, 2.05) is 4.90 Å². The van der Waals surface area contributed by atoms with Crippen molar-refractivity contribution in [1.29, 1.82) is 0 Å². The Kier molecular flexibility index (Phi) is 5.14. The van der Waals surface area contributed by atoms with Gasteiger partial charge in [0.15, 0.2) is 5.82 Å². The second-order valence-electron chi connectivity index (χ2n) is 6.53. The largest absolute Gasteiger partial charge is 0.360 e. The van der Waals surface area contributed by atoms with Crippen molar-refractivity contribution in [1.82, 2.24) is 25.0 Å². The van der Waals surface area contributed by atoms with E-state index < -0.39 is 5.91 Å². The number of amides is 2. The Labute approximate surface area is 166 Å². The number of nitrogens with zero attached hydrogens (tertiary/aromatic N) is 6. The van der Waals surface area contributed by atoms with Crippen molar-refractivity contribution in [3.05, 3.63) is 59.9 Å². The highest BCUT2D eigenvalue weighted by atomic mass is 16.5. The van der Waals surface area contributed by atoms with Crippen LogP contribution in [0.25, 0.3) is 0 Å². The lowest BCUT2D eigenvalue weighted by Gasteiger charge is -2.34. The third-order valence-corrected chi connectivity index (χ3v) is 4.51. The second-order valence-corrected chi connectivity index (χ2v) is 6.53. The molecule has 0 saturated carbocycles. The molecule has 1 N–H and O–H groups in total. The molecule has 0 aliphatic carbocycles. The first kappa shape index (κ1) is 18.5. The third kappa shape index (κ3) is 4.21. The number of carbonyl (C=O) groups is 2. The SMILES string of the molecule is Cc1cc(NC(=O)c2cc(C(=O)N3CCN(c4ncccn4)CC3)ccn2)no1. The summed E-state index contributed by atoms with van der Waals surface area (Å²) in [6.45, 7) is 4.08. The van der Waals surface area contributed by atoms with Gasteiger partial charge in [-0.1, -0.05) is 5.16 Å². The Morgan fingerprint density at radius 1 is 1.03 bits per heavy atom. The van der Waals surface area contributed by atoms with Crippen LogP contribution < -0.4 is 10.2 Å². The third-order valence-electron chi connectivity index (χ3n) is 4.51. The number of anilines is 2. The summed E-state index contributed by atoms with van der Waals surface area (Å²) in [5.74, 6) is 0.930. The van der Waals surface area contributed by atoms with E-state index in [4.69, 9.17) is 4.52 Å². The normalized spacial score (nSPS) is 14.0. The first-order valence-corrected chi connectivity index (χ1v) is 9.12. The molecule has 0 unspecified atom stereocenters. The minimum Gasteiger partial charge on any atom is -0.360 e. The number of rotatable bonds is 4. The van der Waals surface area contributed by atoms with Crippen LogP contribution >= 0.6 is 0 Å². The molecular weight excluding hydrogens is 374 g/mol. The summed E-state index contributed by atoms with van der Waals surface area (Å²) in [6, 6.07) is 6.45. The molecule has 3 aromatic heterocycles. The minimum absolute atomic E-state index is 0.132. The van der Waals surface area contributed by atoms with Gasteiger partial charge in [-0.3, -0.25) is 14.6 Å². The molecule has 1 saturated heterocycles. The lowest BCUT2D eigenvalue weighted by Crippen LogP contribution is -2.49. The average molecular weight is 393 g/mol. The van der Waals surface area contributed by atoms with Gasteiger partial charge in [-0.05, 0) is 25.1 Å². The molecule has 0 radical (unpaired) electrons. The summed E-state index contributed by atoms with van der Waals surface area (Å²) >= 11 is 0. The first-order chi connectivity index (χ1) is 14.1. The Morgan fingerprint density at radius 2 is 1.79 bits per heavy atom. The van der Waals surface area contributed by atoms with Gasteiger partial charge in [-0.2, -0.15) is 0 Å². The standard InChI is InChI=1S/C19H19N7O3/c1-13-11-16(24-29-13)23-17(27)15-12-14(3-6-20-15)18(28)25-7-9-26(10-8-25)19-21-4-2-5-22-19/h2-6,11-12H,7-10H2,1H3,(H,23,24,27). The van der Waals surface area contributed by atoms with Crippen LogP contribution in [0.2, 0.25) is 0 Å². The summed E-state index contributed by atoms with van der Waals surface area (Å²) in [4.78, 5) is 41.6. The molecule has 29 heavy (non-hydrogen) atoms. The molecule has 0 bridgehead atoms. The topological polar surface area (TPSA) is 117 Å².